The van der Waals surface area contributed by atoms with Crippen LogP contribution < -0.4 is 16.1 Å². The summed E-state index contributed by atoms with van der Waals surface area (Å²) in [5, 5.41) is 14.4. The van der Waals surface area contributed by atoms with Gasteiger partial charge < -0.3 is 25.5 Å². The maximum absolute atomic E-state index is 12.6. The zero-order valence-corrected chi connectivity index (χ0v) is 23.5. The van der Waals surface area contributed by atoms with Gasteiger partial charge in [-0.2, -0.15) is 14.1 Å². The first-order valence-electron chi connectivity index (χ1n) is 9.44. The number of phenolic OH excluding ortho intramolecular Hbond substituents is 1. The molecule has 173 valence electrons. The van der Waals surface area contributed by atoms with Crippen LogP contribution in [0.15, 0.2) is 45.6 Å². The molecule has 0 bridgehead atoms. The molecule has 0 aliphatic rings. The second-order valence-electron chi connectivity index (χ2n) is 6.93. The van der Waals surface area contributed by atoms with Crippen LogP contribution in [0.4, 0.5) is 5.69 Å². The molecule has 3 aromatic rings. The molecule has 7 nitrogen and oxygen atoms in total. The van der Waals surface area contributed by atoms with E-state index in [-0.39, 0.29) is 38.5 Å². The molecule has 10 heteroatoms. The van der Waals surface area contributed by atoms with Crippen molar-refractivity contribution in [2.45, 2.75) is 13.0 Å². The number of nitrogens with one attached hydrogen (secondary N) is 1. The van der Waals surface area contributed by atoms with Gasteiger partial charge in [0, 0.05) is 62.7 Å². The maximum Gasteiger partial charge on any atom is 0.340 e. The number of hydrogen-bond acceptors (Lipinski definition) is 7. The van der Waals surface area contributed by atoms with Crippen molar-refractivity contribution in [2.75, 3.05) is 41.0 Å². The van der Waals surface area contributed by atoms with E-state index >= 15 is 0 Å². The number of hydrogen-bond donors (Lipinski definition) is 4. The van der Waals surface area contributed by atoms with Crippen LogP contribution in [-0.2, 0) is 45.7 Å². The van der Waals surface area contributed by atoms with Gasteiger partial charge in [0.05, 0.1) is 10.7 Å². The predicted octanol–water partition coefficient (Wildman–Crippen LogP) is 4.05. The number of nitrogen functional groups attached to an aromatic ring is 1. The van der Waals surface area contributed by atoms with Gasteiger partial charge in [0.2, 0.25) is 0 Å². The van der Waals surface area contributed by atoms with Crippen LogP contribution in [-0.4, -0.2) is 45.2 Å². The summed E-state index contributed by atoms with van der Waals surface area (Å²) < 4.78 is 7.87. The summed E-state index contributed by atoms with van der Waals surface area (Å²) in [7, 11) is 9.10. The third-order valence-electron chi connectivity index (χ3n) is 4.05. The Balaban J connectivity index is 0.00000124. The summed E-state index contributed by atoms with van der Waals surface area (Å²) in [4.78, 5) is 14.6. The number of anilines is 1. The molecule has 1 aromatic heterocycles. The fourth-order valence-corrected chi connectivity index (χ4v) is 3.09. The van der Waals surface area contributed by atoms with E-state index in [1.807, 2.05) is 31.1 Å². The minimum atomic E-state index is -0.437. The van der Waals surface area contributed by atoms with Crippen molar-refractivity contribution in [3.63, 3.8) is 0 Å². The molecule has 0 unspecified atom stereocenters. The molecule has 32 heavy (non-hydrogen) atoms. The molecule has 0 aliphatic heterocycles. The smallest absolute Gasteiger partial charge is 0.340 e. The standard InChI is InChI=1S/C19H19ClN2O3.C2H6N.CH5NS.Y/c1-22(2)10-15-13-7-6-12(23)9-17(13)25-19(24)14(15)8-11-4-3-5-16(21)18(11)20;1-3-2;1-2-3;/h3-7,9,23H,8,10,21H2,1-2H3;1-2H3;2-3H,1H3;/q;-1;;. The van der Waals surface area contributed by atoms with Crippen molar-refractivity contribution < 1.29 is 42.2 Å². The monoisotopic (exact) mass is 554 g/mol. The summed E-state index contributed by atoms with van der Waals surface area (Å²) >= 11 is 9.83. The van der Waals surface area contributed by atoms with Gasteiger partial charge in [-0.15, -0.1) is 0 Å². The molecule has 2 aromatic carbocycles. The Morgan fingerprint density at radius 3 is 2.38 bits per heavy atom. The van der Waals surface area contributed by atoms with Crippen molar-refractivity contribution in [2.24, 2.45) is 0 Å². The van der Waals surface area contributed by atoms with Crippen LogP contribution in [0, 0.1) is 0 Å². The number of benzene rings is 2. The van der Waals surface area contributed by atoms with Gasteiger partial charge in [0.25, 0.3) is 0 Å². The normalized spacial score (nSPS) is 10.0. The van der Waals surface area contributed by atoms with Crippen LogP contribution in [0.5, 0.6) is 5.75 Å². The van der Waals surface area contributed by atoms with E-state index in [2.05, 4.69) is 22.9 Å². The van der Waals surface area contributed by atoms with Crippen molar-refractivity contribution in [3.05, 3.63) is 73.8 Å². The van der Waals surface area contributed by atoms with Crippen LogP contribution >= 0.6 is 24.4 Å². The maximum atomic E-state index is 12.6. The van der Waals surface area contributed by atoms with Crippen LogP contribution in [0.3, 0.4) is 0 Å². The third kappa shape index (κ3) is 9.02. The Morgan fingerprint density at radius 2 is 1.81 bits per heavy atom. The number of rotatable bonds is 4. The molecule has 0 atom stereocenters. The Morgan fingerprint density at radius 1 is 1.22 bits per heavy atom. The van der Waals surface area contributed by atoms with Crippen LogP contribution in [0.25, 0.3) is 16.3 Å². The molecule has 1 radical (unpaired) electrons. The molecule has 3 rings (SSSR count). The zero-order chi connectivity index (χ0) is 23.6. The van der Waals surface area contributed by atoms with Gasteiger partial charge >= 0.3 is 5.63 Å². The molecular weight excluding hydrogens is 525 g/mol. The molecule has 0 amide bonds. The zero-order valence-electron chi connectivity index (χ0n) is 19.0. The van der Waals surface area contributed by atoms with E-state index in [0.717, 1.165) is 16.5 Å². The molecule has 0 aliphatic carbocycles. The fourth-order valence-electron chi connectivity index (χ4n) is 2.89. The molecule has 0 spiro atoms. The number of nitrogens with two attached hydrogens (primary N) is 1. The van der Waals surface area contributed by atoms with E-state index < -0.39 is 5.63 Å². The van der Waals surface area contributed by atoms with E-state index in [0.29, 0.717) is 34.8 Å². The van der Waals surface area contributed by atoms with Crippen LogP contribution in [0.2, 0.25) is 5.02 Å². The van der Waals surface area contributed by atoms with Crippen molar-refractivity contribution >= 4 is 41.1 Å². The minimum absolute atomic E-state index is 0. The molecule has 4 N–H and O–H groups in total. The van der Waals surface area contributed by atoms with Crippen molar-refractivity contribution in [1.29, 1.82) is 0 Å². The van der Waals surface area contributed by atoms with Crippen molar-refractivity contribution in [3.8, 4) is 5.75 Å². The van der Waals surface area contributed by atoms with Gasteiger partial charge in [-0.3, -0.25) is 4.72 Å². The first-order valence-corrected chi connectivity index (χ1v) is 10.3. The Bertz CT molecular complexity index is 1050. The second kappa shape index (κ2) is 15.7. The summed E-state index contributed by atoms with van der Waals surface area (Å²) in [5.41, 5.74) is 8.44. The first-order chi connectivity index (χ1) is 14.7. The summed E-state index contributed by atoms with van der Waals surface area (Å²) in [6.07, 6.45) is 0.326. The minimum Gasteiger partial charge on any atom is -0.668 e. The largest absolute Gasteiger partial charge is 0.668 e. The molecule has 0 fully saturated rings. The number of aromatic hydroxyl groups is 1. The molecule has 0 saturated carbocycles. The molecule has 0 saturated heterocycles. The van der Waals surface area contributed by atoms with Gasteiger partial charge in [-0.1, -0.05) is 36.5 Å². The average molecular weight is 555 g/mol. The molecular formula is C22H30ClN4O3SY-. The Hall–Kier alpha value is -1.13. The number of phenols is 1. The molecule has 1 heterocycles. The Kier molecular flexibility index (Phi) is 15.1. The van der Waals surface area contributed by atoms with Gasteiger partial charge in [-0.25, -0.2) is 4.79 Å². The van der Waals surface area contributed by atoms with Gasteiger partial charge in [0.1, 0.15) is 11.3 Å². The van der Waals surface area contributed by atoms with Crippen LogP contribution in [0.1, 0.15) is 16.7 Å². The summed E-state index contributed by atoms with van der Waals surface area (Å²) in [6, 6.07) is 10.2. The van der Waals surface area contributed by atoms with E-state index in [1.165, 1.54) is 6.07 Å². The summed E-state index contributed by atoms with van der Waals surface area (Å²) in [5.74, 6) is 0.0538. The fraction of sp³-hybridized carbons (Fsp3) is 0.318. The second-order valence-corrected chi connectivity index (χ2v) is 7.76. The number of thiol groups is 1. The van der Waals surface area contributed by atoms with Gasteiger partial charge in [-0.05, 0) is 50.5 Å². The third-order valence-corrected chi connectivity index (χ3v) is 4.51. The first kappa shape index (κ1) is 30.9. The SMILES string of the molecule is CN(C)Cc1c(Cc2cccc(N)c2Cl)c(=O)oc2cc(O)ccc12.CNS.C[N-]C.[Y]. The average Bonchev–Trinajstić information content (AvgIpc) is 2.68. The van der Waals surface area contributed by atoms with E-state index in [1.54, 1.807) is 39.3 Å². The number of nitrogens with zero attached hydrogens (tertiary/aromatic N) is 2. The number of fused-ring (bicyclic) bond motifs is 1. The van der Waals surface area contributed by atoms with Crippen molar-refractivity contribution in [1.82, 2.24) is 9.62 Å². The van der Waals surface area contributed by atoms with E-state index in [4.69, 9.17) is 21.8 Å². The summed E-state index contributed by atoms with van der Waals surface area (Å²) in [6.45, 7) is 0.558. The predicted molar refractivity (Wildman–Crippen MR) is 133 cm³/mol. The quantitative estimate of drug-likeness (QED) is 0.220. The Labute approximate surface area is 225 Å². The van der Waals surface area contributed by atoms with Gasteiger partial charge in [0.15, 0.2) is 0 Å². The van der Waals surface area contributed by atoms with E-state index in [9.17, 15) is 9.90 Å². The topological polar surface area (TPSA) is 106 Å². The number of halogens is 1.